The van der Waals surface area contributed by atoms with Gasteiger partial charge in [-0.25, -0.2) is 4.79 Å². The van der Waals surface area contributed by atoms with Gasteiger partial charge in [0.25, 0.3) is 5.91 Å². The maximum atomic E-state index is 11.6. The van der Waals surface area contributed by atoms with E-state index >= 15 is 0 Å². The first-order valence-electron chi connectivity index (χ1n) is 6.04. The fourth-order valence-corrected chi connectivity index (χ4v) is 1.31. The standard InChI is InChI=1S/C13H17N3O3/c1-2-11(17)14-8-9-15-13(19)16-12(18)10-6-4-3-5-7-10/h3-7H,2,8-9H2,1H3,(H,14,17)(H2,15,16,18,19). The molecule has 0 unspecified atom stereocenters. The minimum Gasteiger partial charge on any atom is -0.354 e. The molecule has 6 nitrogen and oxygen atoms in total. The van der Waals surface area contributed by atoms with E-state index in [1.807, 2.05) is 0 Å². The number of amides is 4. The summed E-state index contributed by atoms with van der Waals surface area (Å²) >= 11 is 0. The zero-order valence-corrected chi connectivity index (χ0v) is 10.7. The van der Waals surface area contributed by atoms with Crippen LogP contribution in [0, 0.1) is 0 Å². The van der Waals surface area contributed by atoms with E-state index in [0.29, 0.717) is 18.5 Å². The summed E-state index contributed by atoms with van der Waals surface area (Å²) < 4.78 is 0. The smallest absolute Gasteiger partial charge is 0.321 e. The number of hydrogen-bond donors (Lipinski definition) is 3. The largest absolute Gasteiger partial charge is 0.354 e. The summed E-state index contributed by atoms with van der Waals surface area (Å²) in [5.41, 5.74) is 0.414. The van der Waals surface area contributed by atoms with E-state index in [9.17, 15) is 14.4 Å². The van der Waals surface area contributed by atoms with Gasteiger partial charge in [0, 0.05) is 25.1 Å². The highest BCUT2D eigenvalue weighted by Gasteiger charge is 2.08. The molecule has 1 rings (SSSR count). The quantitative estimate of drug-likeness (QED) is 0.682. The Hall–Kier alpha value is -2.37. The summed E-state index contributed by atoms with van der Waals surface area (Å²) in [6.07, 6.45) is 0.401. The lowest BCUT2D eigenvalue weighted by atomic mass is 10.2. The third kappa shape index (κ3) is 5.67. The number of carbonyl (C=O) groups excluding carboxylic acids is 3. The van der Waals surface area contributed by atoms with Crippen molar-refractivity contribution < 1.29 is 14.4 Å². The molecule has 0 fully saturated rings. The van der Waals surface area contributed by atoms with Crippen LogP contribution in [0.4, 0.5) is 4.79 Å². The Balaban J connectivity index is 2.24. The fourth-order valence-electron chi connectivity index (χ4n) is 1.31. The van der Waals surface area contributed by atoms with Crippen LogP contribution in [0.2, 0.25) is 0 Å². The molecule has 19 heavy (non-hydrogen) atoms. The molecular formula is C13H17N3O3. The molecule has 1 aromatic carbocycles. The Morgan fingerprint density at radius 2 is 1.63 bits per heavy atom. The Bertz CT molecular complexity index is 446. The maximum absolute atomic E-state index is 11.6. The van der Waals surface area contributed by atoms with Gasteiger partial charge in [0.1, 0.15) is 0 Å². The molecule has 0 saturated heterocycles. The van der Waals surface area contributed by atoms with Gasteiger partial charge in [-0.1, -0.05) is 25.1 Å². The van der Waals surface area contributed by atoms with E-state index < -0.39 is 11.9 Å². The second-order valence-corrected chi connectivity index (χ2v) is 3.78. The highest BCUT2D eigenvalue weighted by atomic mass is 16.2. The first-order chi connectivity index (χ1) is 9.13. The molecule has 0 atom stereocenters. The molecule has 0 saturated carbocycles. The van der Waals surface area contributed by atoms with E-state index in [2.05, 4.69) is 16.0 Å². The predicted octanol–water partition coefficient (Wildman–Crippen LogP) is 0.652. The van der Waals surface area contributed by atoms with Gasteiger partial charge in [-0.2, -0.15) is 0 Å². The van der Waals surface area contributed by atoms with Gasteiger partial charge in [-0.3, -0.25) is 14.9 Å². The van der Waals surface area contributed by atoms with Crippen LogP contribution in [0.15, 0.2) is 30.3 Å². The number of benzene rings is 1. The van der Waals surface area contributed by atoms with Crippen molar-refractivity contribution in [2.45, 2.75) is 13.3 Å². The Labute approximate surface area is 111 Å². The normalized spacial score (nSPS) is 9.53. The summed E-state index contributed by atoms with van der Waals surface area (Å²) in [6, 6.07) is 7.86. The second kappa shape index (κ2) is 7.86. The molecule has 0 heterocycles. The zero-order valence-electron chi connectivity index (χ0n) is 10.7. The molecule has 102 valence electrons. The van der Waals surface area contributed by atoms with Crippen LogP contribution in [-0.2, 0) is 4.79 Å². The van der Waals surface area contributed by atoms with Crippen molar-refractivity contribution in [1.82, 2.24) is 16.0 Å². The van der Waals surface area contributed by atoms with Crippen molar-refractivity contribution in [1.29, 1.82) is 0 Å². The number of hydrogen-bond acceptors (Lipinski definition) is 3. The second-order valence-electron chi connectivity index (χ2n) is 3.78. The topological polar surface area (TPSA) is 87.3 Å². The van der Waals surface area contributed by atoms with E-state index in [1.54, 1.807) is 37.3 Å². The third-order valence-electron chi connectivity index (χ3n) is 2.32. The highest BCUT2D eigenvalue weighted by molar-refractivity contribution is 6.04. The van der Waals surface area contributed by atoms with Crippen molar-refractivity contribution in [3.63, 3.8) is 0 Å². The molecule has 0 aliphatic rings. The van der Waals surface area contributed by atoms with Gasteiger partial charge in [0.15, 0.2) is 0 Å². The third-order valence-corrected chi connectivity index (χ3v) is 2.32. The summed E-state index contributed by atoms with van der Waals surface area (Å²) in [6.45, 7) is 2.34. The minimum atomic E-state index is -0.584. The van der Waals surface area contributed by atoms with Gasteiger partial charge >= 0.3 is 6.03 Å². The van der Waals surface area contributed by atoms with E-state index in [-0.39, 0.29) is 12.5 Å². The van der Waals surface area contributed by atoms with Crippen LogP contribution in [0.1, 0.15) is 23.7 Å². The Morgan fingerprint density at radius 1 is 1.00 bits per heavy atom. The van der Waals surface area contributed by atoms with Crippen LogP contribution in [0.3, 0.4) is 0 Å². The number of rotatable bonds is 5. The summed E-state index contributed by atoms with van der Waals surface area (Å²) in [7, 11) is 0. The van der Waals surface area contributed by atoms with Crippen LogP contribution in [0.25, 0.3) is 0 Å². The number of urea groups is 1. The Morgan fingerprint density at radius 3 is 2.26 bits per heavy atom. The number of imide groups is 1. The predicted molar refractivity (Wildman–Crippen MR) is 70.6 cm³/mol. The van der Waals surface area contributed by atoms with Crippen LogP contribution in [-0.4, -0.2) is 30.9 Å². The molecule has 1 aromatic rings. The van der Waals surface area contributed by atoms with E-state index in [4.69, 9.17) is 0 Å². The molecule has 0 bridgehead atoms. The lowest BCUT2D eigenvalue weighted by Crippen LogP contribution is -2.42. The van der Waals surface area contributed by atoms with Gasteiger partial charge in [-0.05, 0) is 12.1 Å². The Kier molecular flexibility index (Phi) is 6.08. The molecule has 0 radical (unpaired) electrons. The van der Waals surface area contributed by atoms with Crippen molar-refractivity contribution in [3.05, 3.63) is 35.9 Å². The minimum absolute atomic E-state index is 0.0810. The monoisotopic (exact) mass is 263 g/mol. The summed E-state index contributed by atoms with van der Waals surface area (Å²) in [5.74, 6) is -0.543. The molecular weight excluding hydrogens is 246 g/mol. The van der Waals surface area contributed by atoms with Crippen molar-refractivity contribution in [2.75, 3.05) is 13.1 Å². The lowest BCUT2D eigenvalue weighted by molar-refractivity contribution is -0.120. The molecule has 0 aromatic heterocycles. The fraction of sp³-hybridized carbons (Fsp3) is 0.308. The average Bonchev–Trinajstić information content (AvgIpc) is 2.44. The molecule has 6 heteroatoms. The molecule has 0 aliphatic heterocycles. The number of nitrogens with one attached hydrogen (secondary N) is 3. The van der Waals surface area contributed by atoms with Gasteiger partial charge in [-0.15, -0.1) is 0 Å². The van der Waals surface area contributed by atoms with Crippen molar-refractivity contribution in [2.24, 2.45) is 0 Å². The van der Waals surface area contributed by atoms with Crippen LogP contribution < -0.4 is 16.0 Å². The van der Waals surface area contributed by atoms with Crippen molar-refractivity contribution in [3.8, 4) is 0 Å². The first-order valence-corrected chi connectivity index (χ1v) is 6.04. The molecule has 0 aliphatic carbocycles. The average molecular weight is 263 g/mol. The highest BCUT2D eigenvalue weighted by Crippen LogP contribution is 1.97. The van der Waals surface area contributed by atoms with E-state index in [0.717, 1.165) is 0 Å². The van der Waals surface area contributed by atoms with Crippen molar-refractivity contribution >= 4 is 17.8 Å². The summed E-state index contributed by atoms with van der Waals surface area (Å²) in [4.78, 5) is 33.9. The maximum Gasteiger partial charge on any atom is 0.321 e. The van der Waals surface area contributed by atoms with Gasteiger partial charge in [0.05, 0.1) is 0 Å². The number of carbonyl (C=O) groups is 3. The first kappa shape index (κ1) is 14.7. The molecule has 3 N–H and O–H groups in total. The molecule has 4 amide bonds. The lowest BCUT2D eigenvalue weighted by Gasteiger charge is -2.07. The van der Waals surface area contributed by atoms with Crippen LogP contribution >= 0.6 is 0 Å². The molecule has 0 spiro atoms. The van der Waals surface area contributed by atoms with Gasteiger partial charge < -0.3 is 10.6 Å². The summed E-state index contributed by atoms with van der Waals surface area (Å²) in [5, 5.41) is 7.28. The van der Waals surface area contributed by atoms with E-state index in [1.165, 1.54) is 0 Å². The SMILES string of the molecule is CCC(=O)NCCNC(=O)NC(=O)c1ccccc1. The van der Waals surface area contributed by atoms with Crippen LogP contribution in [0.5, 0.6) is 0 Å². The van der Waals surface area contributed by atoms with Gasteiger partial charge in [0.2, 0.25) is 5.91 Å². The zero-order chi connectivity index (χ0) is 14.1.